The van der Waals surface area contributed by atoms with Gasteiger partial charge in [-0.3, -0.25) is 50.6 Å². The van der Waals surface area contributed by atoms with Crippen LogP contribution in [0.1, 0.15) is 18.6 Å². The van der Waals surface area contributed by atoms with Gasteiger partial charge in [0.1, 0.15) is 11.1 Å². The quantitative estimate of drug-likeness (QED) is 0.0607. The highest BCUT2D eigenvalue weighted by Gasteiger charge is 2.22. The lowest BCUT2D eigenvalue weighted by atomic mass is 10.1. The molecule has 0 spiro atoms. The molecule has 6 aromatic rings. The predicted molar refractivity (Wildman–Crippen MR) is 203 cm³/mol. The molecule has 0 saturated heterocycles. The smallest absolute Gasteiger partial charge is 0.283 e. The van der Waals surface area contributed by atoms with Crippen molar-refractivity contribution in [2.24, 2.45) is 0 Å². The van der Waals surface area contributed by atoms with Gasteiger partial charge in [-0.25, -0.2) is 0 Å². The monoisotopic (exact) mass is 761 g/mol. The number of aromatic nitrogens is 2. The third-order valence-electron chi connectivity index (χ3n) is 7.29. The second kappa shape index (κ2) is 18.9. The van der Waals surface area contributed by atoms with E-state index in [1.165, 1.54) is 80.0 Å². The number of hydrogen-bond acceptors (Lipinski definition) is 14. The van der Waals surface area contributed by atoms with E-state index in [1.54, 1.807) is 37.3 Å². The highest BCUT2D eigenvalue weighted by atomic mass is 16.6. The Balaban J connectivity index is 0.000000254. The Morgan fingerprint density at radius 3 is 1.36 bits per heavy atom. The molecule has 0 radical (unpaired) electrons. The Hall–Kier alpha value is -8.10. The van der Waals surface area contributed by atoms with E-state index in [-0.39, 0.29) is 47.0 Å². The van der Waals surface area contributed by atoms with Crippen LogP contribution in [0.4, 0.5) is 34.1 Å². The van der Waals surface area contributed by atoms with Crippen molar-refractivity contribution in [2.75, 3.05) is 19.8 Å². The van der Waals surface area contributed by atoms with Crippen LogP contribution in [0.15, 0.2) is 104 Å². The van der Waals surface area contributed by atoms with Gasteiger partial charge in [-0.2, -0.15) is 9.46 Å². The van der Waals surface area contributed by atoms with Crippen LogP contribution < -0.4 is 5.73 Å². The van der Waals surface area contributed by atoms with Crippen molar-refractivity contribution < 1.29 is 35.0 Å². The fourth-order valence-corrected chi connectivity index (χ4v) is 4.73. The number of non-ortho nitro benzene ring substituents is 1. The second-order valence-electron chi connectivity index (χ2n) is 11.0. The highest BCUT2D eigenvalue weighted by Crippen LogP contribution is 2.30. The van der Waals surface area contributed by atoms with Gasteiger partial charge in [0.25, 0.3) is 28.4 Å². The molecule has 0 amide bonds. The van der Waals surface area contributed by atoms with Crippen molar-refractivity contribution in [1.82, 2.24) is 14.4 Å². The molecule has 4 aromatic carbocycles. The third kappa shape index (κ3) is 10.7. The molecule has 55 heavy (non-hydrogen) atoms. The van der Waals surface area contributed by atoms with Gasteiger partial charge >= 0.3 is 0 Å². The van der Waals surface area contributed by atoms with Crippen LogP contribution in [-0.4, -0.2) is 63.5 Å². The lowest BCUT2D eigenvalue weighted by molar-refractivity contribution is -0.395. The summed E-state index contributed by atoms with van der Waals surface area (Å²) in [7, 11) is 3.44. The maximum Gasteiger partial charge on any atom is 0.283 e. The Kier molecular flexibility index (Phi) is 14.8. The van der Waals surface area contributed by atoms with Crippen LogP contribution in [0.5, 0.6) is 0 Å². The van der Waals surface area contributed by atoms with Gasteiger partial charge in [0.05, 0.1) is 41.0 Å². The van der Waals surface area contributed by atoms with Crippen LogP contribution in [0.2, 0.25) is 0 Å². The Labute approximate surface area is 310 Å². The van der Waals surface area contributed by atoms with E-state index in [0.717, 1.165) is 20.4 Å². The van der Waals surface area contributed by atoms with E-state index in [1.807, 2.05) is 18.2 Å². The summed E-state index contributed by atoms with van der Waals surface area (Å²) in [5, 5.41) is 72.6. The minimum atomic E-state index is -0.637. The fourth-order valence-electron chi connectivity index (χ4n) is 4.73. The molecule has 0 fully saturated rings. The zero-order valence-electron chi connectivity index (χ0n) is 28.5. The van der Waals surface area contributed by atoms with Crippen molar-refractivity contribution >= 4 is 62.0 Å². The second-order valence-corrected chi connectivity index (χ2v) is 11.0. The van der Waals surface area contributed by atoms with Crippen molar-refractivity contribution in [2.45, 2.75) is 14.4 Å². The molecule has 0 aliphatic carbocycles. The van der Waals surface area contributed by atoms with Crippen molar-refractivity contribution in [3.8, 4) is 0 Å². The van der Waals surface area contributed by atoms with Crippen molar-refractivity contribution in [3.63, 3.8) is 0 Å². The van der Waals surface area contributed by atoms with E-state index >= 15 is 0 Å². The van der Waals surface area contributed by atoms with Gasteiger partial charge in [-0.1, -0.05) is 19.6 Å². The molecule has 0 bridgehead atoms. The van der Waals surface area contributed by atoms with Crippen LogP contribution in [0, 0.1) is 57.5 Å². The molecule has 0 aliphatic heterocycles. The standard InChI is InChI=1S/C10H11N3O4.C8H6N2O3.C8H8N2O.C7H6N2O4.CH4/c1-11(2)7-6-8-9(12(14)15)4-3-5-10(8)13(16)17;11-9-5-4-6-7(9)2-1-3-8(6)10(12)13;9-7-2-1-3-8-6(7)4-5-10(8)11;1-5-6(8(10)11)3-2-4-7(5)9(12)13;/h3-7H,1-2H3;1-5,11H;1-5,11H,9H2;2-4H,1H3;1H4/b7-6+;;;;. The van der Waals surface area contributed by atoms with Crippen molar-refractivity contribution in [3.05, 3.63) is 165 Å². The van der Waals surface area contributed by atoms with Crippen LogP contribution in [-0.2, 0) is 0 Å². The van der Waals surface area contributed by atoms with E-state index in [2.05, 4.69) is 0 Å². The topological polar surface area (TPSA) is 295 Å². The summed E-state index contributed by atoms with van der Waals surface area (Å²) in [5.41, 5.74) is 6.58. The molecular weight excluding hydrogens is 726 g/mol. The highest BCUT2D eigenvalue weighted by molar-refractivity contribution is 5.91. The average molecular weight is 762 g/mol. The molecule has 21 heteroatoms. The summed E-state index contributed by atoms with van der Waals surface area (Å²) in [6.07, 6.45) is 5.82. The third-order valence-corrected chi connectivity index (χ3v) is 7.29. The average Bonchev–Trinajstić information content (AvgIpc) is 3.70. The minimum absolute atomic E-state index is 0. The molecule has 2 aromatic heterocycles. The van der Waals surface area contributed by atoms with Gasteiger partial charge in [-0.05, 0) is 61.7 Å². The molecule has 0 unspecified atom stereocenters. The van der Waals surface area contributed by atoms with Gasteiger partial charge in [0, 0.05) is 67.9 Å². The normalized spacial score (nSPS) is 10.1. The summed E-state index contributed by atoms with van der Waals surface area (Å²) in [5.74, 6) is 0. The number of benzene rings is 4. The van der Waals surface area contributed by atoms with E-state index < -0.39 is 24.6 Å². The largest absolute Gasteiger partial charge is 0.428 e. The molecule has 0 saturated carbocycles. The first-order valence-corrected chi connectivity index (χ1v) is 15.1. The summed E-state index contributed by atoms with van der Waals surface area (Å²) >= 11 is 0. The van der Waals surface area contributed by atoms with Gasteiger partial charge < -0.3 is 21.0 Å². The molecule has 0 atom stereocenters. The zero-order chi connectivity index (χ0) is 40.3. The summed E-state index contributed by atoms with van der Waals surface area (Å²) in [6, 6.07) is 20.8. The maximum atomic E-state index is 10.8. The molecule has 6 rings (SSSR count). The number of nitro groups is 5. The maximum absolute atomic E-state index is 10.8. The van der Waals surface area contributed by atoms with Crippen LogP contribution in [0.3, 0.4) is 0 Å². The Morgan fingerprint density at radius 1 is 0.582 bits per heavy atom. The molecule has 2 heterocycles. The van der Waals surface area contributed by atoms with Gasteiger partial charge in [0.2, 0.25) is 0 Å². The Morgan fingerprint density at radius 2 is 0.945 bits per heavy atom. The van der Waals surface area contributed by atoms with Gasteiger partial charge in [-0.15, -0.1) is 0 Å². The summed E-state index contributed by atoms with van der Waals surface area (Å²) in [4.78, 5) is 51.5. The number of nitrogen functional groups attached to an aromatic ring is 1. The van der Waals surface area contributed by atoms with Gasteiger partial charge in [0.15, 0.2) is 0 Å². The zero-order valence-corrected chi connectivity index (χ0v) is 28.5. The lowest BCUT2D eigenvalue weighted by Gasteiger charge is -2.04. The molecule has 288 valence electrons. The van der Waals surface area contributed by atoms with E-state index in [9.17, 15) is 61.0 Å². The number of nitrogens with zero attached hydrogens (tertiary/aromatic N) is 8. The molecule has 4 N–H and O–H groups in total. The number of nitrogens with two attached hydrogens (primary N) is 1. The van der Waals surface area contributed by atoms with E-state index in [4.69, 9.17) is 5.73 Å². The van der Waals surface area contributed by atoms with Crippen molar-refractivity contribution in [1.29, 1.82) is 0 Å². The number of hydrogen-bond donors (Lipinski definition) is 3. The number of rotatable bonds is 7. The van der Waals surface area contributed by atoms with Crippen LogP contribution in [0.25, 0.3) is 27.9 Å². The molecule has 21 nitrogen and oxygen atoms in total. The van der Waals surface area contributed by atoms with E-state index in [0.29, 0.717) is 16.6 Å². The Bertz CT molecular complexity index is 2320. The first kappa shape index (κ1) is 43.1. The number of nitro benzene ring substituents is 5. The summed E-state index contributed by atoms with van der Waals surface area (Å²) < 4.78 is 1.92. The molecular formula is C34H35N9O12. The minimum Gasteiger partial charge on any atom is -0.428 e. The lowest BCUT2D eigenvalue weighted by Crippen LogP contribution is -2.01. The SMILES string of the molecule is C.CN(C)/C=C/c1c([N+](=O)[O-])cccc1[N+](=O)[O-].Cc1c([N+](=O)[O-])cccc1[N+](=O)[O-].Nc1cccc2c1ccn2O.O=[N+]([O-])c1cccc2c1ccn2O. The first-order chi connectivity index (χ1) is 25.5. The fraction of sp³-hybridized carbons (Fsp3) is 0.118. The number of fused-ring (bicyclic) bond motifs is 2. The van der Waals surface area contributed by atoms with Crippen LogP contribution >= 0.6 is 0 Å². The summed E-state index contributed by atoms with van der Waals surface area (Å²) in [6.45, 7) is 1.36. The molecule has 0 aliphatic rings. The predicted octanol–water partition coefficient (Wildman–Crippen LogP) is 7.73. The number of anilines is 1. The first-order valence-electron chi connectivity index (χ1n) is 15.1.